The van der Waals surface area contributed by atoms with Crippen LogP contribution in [-0.4, -0.2) is 53.1 Å². The molecule has 0 fully saturated rings. The van der Waals surface area contributed by atoms with E-state index in [2.05, 4.69) is 36.5 Å². The number of hydrogen-bond donors (Lipinski definition) is 1. The highest BCUT2D eigenvalue weighted by molar-refractivity contribution is 9.10. The molecule has 4 aromatic rings. The standard InChI is InChI=1S/C22H20BrN5O4/c1-30-15-5-3-14(4-6-15)21-26-25-19-9-10-20(27-28(19)21)32-12-11-24-22(29)17-13-16(31-2)7-8-18(17)23/h3-10,13H,11-12H2,1-2H3,(H,24,29). The fraction of sp³-hybridized carbons (Fsp3) is 0.182. The van der Waals surface area contributed by atoms with E-state index in [-0.39, 0.29) is 12.5 Å². The maximum absolute atomic E-state index is 12.4. The Kier molecular flexibility index (Phi) is 6.50. The predicted octanol–water partition coefficient (Wildman–Crippen LogP) is 3.38. The van der Waals surface area contributed by atoms with E-state index in [4.69, 9.17) is 14.2 Å². The van der Waals surface area contributed by atoms with Crippen molar-refractivity contribution in [2.45, 2.75) is 0 Å². The first kappa shape index (κ1) is 21.6. The molecule has 0 spiro atoms. The number of methoxy groups -OCH3 is 2. The summed E-state index contributed by atoms with van der Waals surface area (Å²) >= 11 is 3.38. The number of fused-ring (bicyclic) bond motifs is 1. The van der Waals surface area contributed by atoms with Crippen LogP contribution < -0.4 is 19.5 Å². The molecule has 0 bridgehead atoms. The molecule has 0 atom stereocenters. The Morgan fingerprint density at radius 3 is 2.50 bits per heavy atom. The van der Waals surface area contributed by atoms with Crippen molar-refractivity contribution in [2.75, 3.05) is 27.4 Å². The van der Waals surface area contributed by atoms with Crippen LogP contribution in [-0.2, 0) is 0 Å². The third-order valence-corrected chi connectivity index (χ3v) is 5.33. The van der Waals surface area contributed by atoms with Gasteiger partial charge in [-0.2, -0.15) is 4.52 Å². The van der Waals surface area contributed by atoms with Crippen LogP contribution in [0.3, 0.4) is 0 Å². The molecule has 0 aliphatic rings. The van der Waals surface area contributed by atoms with Gasteiger partial charge in [0.15, 0.2) is 11.5 Å². The van der Waals surface area contributed by atoms with Crippen molar-refractivity contribution in [3.8, 4) is 28.8 Å². The van der Waals surface area contributed by atoms with Gasteiger partial charge in [-0.15, -0.1) is 15.3 Å². The number of aromatic nitrogens is 4. The molecule has 10 heteroatoms. The summed E-state index contributed by atoms with van der Waals surface area (Å²) in [7, 11) is 3.17. The Morgan fingerprint density at radius 1 is 1.00 bits per heavy atom. The minimum absolute atomic E-state index is 0.233. The van der Waals surface area contributed by atoms with Gasteiger partial charge in [-0.05, 0) is 64.5 Å². The lowest BCUT2D eigenvalue weighted by molar-refractivity contribution is 0.0945. The number of carbonyl (C=O) groups excluding carboxylic acids is 1. The van der Waals surface area contributed by atoms with Crippen molar-refractivity contribution < 1.29 is 19.0 Å². The van der Waals surface area contributed by atoms with Crippen LogP contribution in [0.15, 0.2) is 59.1 Å². The molecule has 0 unspecified atom stereocenters. The highest BCUT2D eigenvalue weighted by atomic mass is 79.9. The molecular formula is C22H20BrN5O4. The van der Waals surface area contributed by atoms with Crippen LogP contribution >= 0.6 is 15.9 Å². The smallest absolute Gasteiger partial charge is 0.252 e. The molecule has 4 rings (SSSR count). The van der Waals surface area contributed by atoms with Crippen LogP contribution in [0.4, 0.5) is 0 Å². The Labute approximate surface area is 192 Å². The largest absolute Gasteiger partial charge is 0.497 e. The Morgan fingerprint density at radius 2 is 1.75 bits per heavy atom. The minimum atomic E-state index is -0.233. The SMILES string of the molecule is COc1ccc(-c2nnc3ccc(OCCNC(=O)c4cc(OC)ccc4Br)nn23)cc1. The molecule has 32 heavy (non-hydrogen) atoms. The maximum Gasteiger partial charge on any atom is 0.252 e. The zero-order chi connectivity index (χ0) is 22.5. The van der Waals surface area contributed by atoms with E-state index in [1.165, 1.54) is 0 Å². The van der Waals surface area contributed by atoms with E-state index in [0.717, 1.165) is 11.3 Å². The molecule has 0 aliphatic heterocycles. The number of nitrogens with zero attached hydrogens (tertiary/aromatic N) is 4. The van der Waals surface area contributed by atoms with Gasteiger partial charge < -0.3 is 19.5 Å². The second-order valence-corrected chi connectivity index (χ2v) is 7.50. The molecule has 2 aromatic carbocycles. The van der Waals surface area contributed by atoms with Crippen molar-refractivity contribution in [3.05, 3.63) is 64.6 Å². The van der Waals surface area contributed by atoms with E-state index >= 15 is 0 Å². The van der Waals surface area contributed by atoms with E-state index < -0.39 is 0 Å². The van der Waals surface area contributed by atoms with Gasteiger partial charge in [0, 0.05) is 16.1 Å². The lowest BCUT2D eigenvalue weighted by atomic mass is 10.2. The van der Waals surface area contributed by atoms with E-state index in [0.29, 0.717) is 39.7 Å². The quantitative estimate of drug-likeness (QED) is 0.372. The summed E-state index contributed by atoms with van der Waals surface area (Å²) in [5.41, 5.74) is 1.93. The number of benzene rings is 2. The third kappa shape index (κ3) is 4.65. The third-order valence-electron chi connectivity index (χ3n) is 4.64. The second kappa shape index (κ2) is 9.65. The molecule has 9 nitrogen and oxygen atoms in total. The average molecular weight is 498 g/mol. The summed E-state index contributed by atoms with van der Waals surface area (Å²) in [6.07, 6.45) is 0. The Hall–Kier alpha value is -3.66. The summed E-state index contributed by atoms with van der Waals surface area (Å²) in [4.78, 5) is 12.4. The van der Waals surface area contributed by atoms with Gasteiger partial charge in [0.2, 0.25) is 5.88 Å². The topological polar surface area (TPSA) is 99.9 Å². The van der Waals surface area contributed by atoms with Crippen LogP contribution in [0.5, 0.6) is 17.4 Å². The number of nitrogens with one attached hydrogen (secondary N) is 1. The Balaban J connectivity index is 1.40. The van der Waals surface area contributed by atoms with Crippen molar-refractivity contribution in [1.29, 1.82) is 0 Å². The molecule has 0 saturated heterocycles. The molecule has 2 heterocycles. The van der Waals surface area contributed by atoms with Crippen molar-refractivity contribution >= 4 is 27.5 Å². The van der Waals surface area contributed by atoms with Crippen LogP contribution in [0.1, 0.15) is 10.4 Å². The fourth-order valence-electron chi connectivity index (χ4n) is 2.99. The molecule has 1 amide bonds. The van der Waals surface area contributed by atoms with Gasteiger partial charge in [-0.25, -0.2) is 0 Å². The summed E-state index contributed by atoms with van der Waals surface area (Å²) in [6, 6.07) is 16.2. The van der Waals surface area contributed by atoms with Gasteiger partial charge in [0.05, 0.1) is 26.3 Å². The number of halogens is 1. The highest BCUT2D eigenvalue weighted by Crippen LogP contribution is 2.23. The lowest BCUT2D eigenvalue weighted by Gasteiger charge is -2.10. The first-order valence-electron chi connectivity index (χ1n) is 9.70. The van der Waals surface area contributed by atoms with E-state index in [9.17, 15) is 4.79 Å². The van der Waals surface area contributed by atoms with Gasteiger partial charge in [0.25, 0.3) is 5.91 Å². The van der Waals surface area contributed by atoms with Gasteiger partial charge in [-0.1, -0.05) is 0 Å². The minimum Gasteiger partial charge on any atom is -0.497 e. The van der Waals surface area contributed by atoms with Crippen LogP contribution in [0.2, 0.25) is 0 Å². The first-order valence-corrected chi connectivity index (χ1v) is 10.5. The number of hydrogen-bond acceptors (Lipinski definition) is 7. The van der Waals surface area contributed by atoms with E-state index in [1.54, 1.807) is 49.1 Å². The Bertz CT molecular complexity index is 1240. The lowest BCUT2D eigenvalue weighted by Crippen LogP contribution is -2.28. The first-order chi connectivity index (χ1) is 15.6. The molecule has 0 radical (unpaired) electrons. The number of carbonyl (C=O) groups is 1. The second-order valence-electron chi connectivity index (χ2n) is 6.64. The zero-order valence-electron chi connectivity index (χ0n) is 17.4. The molecule has 164 valence electrons. The maximum atomic E-state index is 12.4. The van der Waals surface area contributed by atoms with E-state index in [1.807, 2.05) is 24.3 Å². The zero-order valence-corrected chi connectivity index (χ0v) is 19.0. The van der Waals surface area contributed by atoms with Crippen molar-refractivity contribution in [2.24, 2.45) is 0 Å². The van der Waals surface area contributed by atoms with Crippen molar-refractivity contribution in [3.63, 3.8) is 0 Å². The molecule has 2 aromatic heterocycles. The summed E-state index contributed by atoms with van der Waals surface area (Å²) in [6.45, 7) is 0.543. The van der Waals surface area contributed by atoms with Gasteiger partial charge in [0.1, 0.15) is 18.1 Å². The van der Waals surface area contributed by atoms with Gasteiger partial charge >= 0.3 is 0 Å². The molecular weight excluding hydrogens is 478 g/mol. The predicted molar refractivity (Wildman–Crippen MR) is 121 cm³/mol. The highest BCUT2D eigenvalue weighted by Gasteiger charge is 2.12. The summed E-state index contributed by atoms with van der Waals surface area (Å²) in [5.74, 6) is 2.10. The summed E-state index contributed by atoms with van der Waals surface area (Å²) < 4.78 is 18.4. The average Bonchev–Trinajstić information content (AvgIpc) is 3.25. The molecule has 0 saturated carbocycles. The number of rotatable bonds is 8. The van der Waals surface area contributed by atoms with Gasteiger partial charge in [-0.3, -0.25) is 4.79 Å². The molecule has 1 N–H and O–H groups in total. The molecule has 0 aliphatic carbocycles. The fourth-order valence-corrected chi connectivity index (χ4v) is 3.42. The van der Waals surface area contributed by atoms with Crippen molar-refractivity contribution in [1.82, 2.24) is 25.1 Å². The number of amides is 1. The van der Waals surface area contributed by atoms with Crippen LogP contribution in [0.25, 0.3) is 17.0 Å². The normalized spacial score (nSPS) is 10.7. The number of ether oxygens (including phenoxy) is 3. The summed E-state index contributed by atoms with van der Waals surface area (Å²) in [5, 5.41) is 15.7. The monoisotopic (exact) mass is 497 g/mol. The van der Waals surface area contributed by atoms with Crippen LogP contribution in [0, 0.1) is 0 Å².